The summed E-state index contributed by atoms with van der Waals surface area (Å²) in [5.41, 5.74) is 0.764. The molecule has 5 nitrogen and oxygen atoms in total. The lowest BCUT2D eigenvalue weighted by molar-refractivity contribution is 0.174. The molecule has 0 saturated heterocycles. The minimum atomic E-state index is -1.13. The highest BCUT2D eigenvalue weighted by atomic mass is 35.5. The number of aromatic nitrogens is 2. The Morgan fingerprint density at radius 1 is 1.52 bits per heavy atom. The van der Waals surface area contributed by atoms with E-state index >= 15 is 0 Å². The average molecular weight is 340 g/mol. The fourth-order valence-electron chi connectivity index (χ4n) is 2.31. The fraction of sp³-hybridized carbons (Fsp3) is 0.375. The van der Waals surface area contributed by atoms with E-state index in [4.69, 9.17) is 16.7 Å². The Morgan fingerprint density at radius 2 is 2.22 bits per heavy atom. The Balaban J connectivity index is 2.32. The van der Waals surface area contributed by atoms with E-state index in [2.05, 4.69) is 15.3 Å². The largest absolute Gasteiger partial charge is 0.465 e. The maximum atomic E-state index is 14.7. The fourth-order valence-corrected chi connectivity index (χ4v) is 2.52. The molecule has 0 spiro atoms. The second kappa shape index (κ2) is 6.58. The lowest BCUT2D eigenvalue weighted by Crippen LogP contribution is -2.44. The molecule has 0 radical (unpaired) electrons. The van der Waals surface area contributed by atoms with E-state index in [-0.39, 0.29) is 22.7 Å². The molecule has 7 heteroatoms. The van der Waals surface area contributed by atoms with Gasteiger partial charge in [-0.1, -0.05) is 32.4 Å². The van der Waals surface area contributed by atoms with E-state index in [9.17, 15) is 9.18 Å². The lowest BCUT2D eigenvalue weighted by atomic mass is 9.83. The molecule has 2 aromatic heterocycles. The summed E-state index contributed by atoms with van der Waals surface area (Å²) >= 11 is 6.00. The normalized spacial score (nSPS) is 12.9. The molecule has 0 aliphatic carbocycles. The van der Waals surface area contributed by atoms with Gasteiger partial charge < -0.3 is 15.4 Å². The van der Waals surface area contributed by atoms with Crippen LogP contribution in [0.15, 0.2) is 24.5 Å². The van der Waals surface area contributed by atoms with Crippen molar-refractivity contribution in [2.75, 3.05) is 0 Å². The van der Waals surface area contributed by atoms with Gasteiger partial charge in [-0.15, -0.1) is 0 Å². The molecule has 3 N–H and O–H groups in total. The van der Waals surface area contributed by atoms with Gasteiger partial charge in [0.25, 0.3) is 0 Å². The van der Waals surface area contributed by atoms with Crippen LogP contribution in [0.3, 0.4) is 0 Å². The molecule has 1 unspecified atom stereocenters. The van der Waals surface area contributed by atoms with E-state index in [1.807, 2.05) is 20.8 Å². The van der Waals surface area contributed by atoms with Crippen LogP contribution < -0.4 is 5.32 Å². The van der Waals surface area contributed by atoms with Crippen LogP contribution in [0.1, 0.15) is 26.3 Å². The molecule has 0 aliphatic heterocycles. The Labute approximate surface area is 138 Å². The van der Waals surface area contributed by atoms with Crippen LogP contribution in [0.5, 0.6) is 0 Å². The second-order valence-electron chi connectivity index (χ2n) is 6.42. The van der Waals surface area contributed by atoms with E-state index in [1.54, 1.807) is 12.1 Å². The summed E-state index contributed by atoms with van der Waals surface area (Å²) in [5.74, 6) is -0.443. The maximum absolute atomic E-state index is 14.7. The van der Waals surface area contributed by atoms with Crippen LogP contribution in [0.4, 0.5) is 9.18 Å². The number of carboxylic acid groups (broad SMARTS) is 1. The minimum absolute atomic E-state index is 0.204. The molecule has 124 valence electrons. The van der Waals surface area contributed by atoms with Crippen LogP contribution in [-0.4, -0.2) is 27.2 Å². The van der Waals surface area contributed by atoms with E-state index in [1.165, 1.54) is 12.4 Å². The Kier molecular flexibility index (Phi) is 4.94. The number of amides is 1. The average Bonchev–Trinajstić information content (AvgIpc) is 2.79. The number of hydrogen-bond donors (Lipinski definition) is 3. The van der Waals surface area contributed by atoms with Crippen molar-refractivity contribution in [2.45, 2.75) is 33.2 Å². The van der Waals surface area contributed by atoms with Gasteiger partial charge in [-0.3, -0.25) is 0 Å². The number of aromatic amines is 1. The molecule has 0 aromatic carbocycles. The third kappa shape index (κ3) is 4.01. The van der Waals surface area contributed by atoms with Gasteiger partial charge in [0.1, 0.15) is 5.15 Å². The summed E-state index contributed by atoms with van der Waals surface area (Å²) in [7, 11) is 0. The molecule has 0 aliphatic rings. The van der Waals surface area contributed by atoms with Crippen molar-refractivity contribution in [3.63, 3.8) is 0 Å². The van der Waals surface area contributed by atoms with Crippen molar-refractivity contribution in [2.24, 2.45) is 5.41 Å². The zero-order valence-electron chi connectivity index (χ0n) is 13.2. The zero-order chi connectivity index (χ0) is 17.2. The Hall–Kier alpha value is -2.08. The molecule has 1 atom stereocenters. The third-order valence-corrected chi connectivity index (χ3v) is 3.99. The summed E-state index contributed by atoms with van der Waals surface area (Å²) in [5, 5.41) is 11.6. The van der Waals surface area contributed by atoms with Gasteiger partial charge in [-0.05, 0) is 24.0 Å². The van der Waals surface area contributed by atoms with E-state index in [0.29, 0.717) is 11.1 Å². The Morgan fingerprint density at radius 3 is 2.78 bits per heavy atom. The van der Waals surface area contributed by atoms with Gasteiger partial charge >= 0.3 is 6.09 Å². The second-order valence-corrected chi connectivity index (χ2v) is 6.77. The number of pyridine rings is 1. The number of H-pyrrole nitrogens is 1. The van der Waals surface area contributed by atoms with Crippen LogP contribution >= 0.6 is 11.6 Å². The van der Waals surface area contributed by atoms with Gasteiger partial charge in [0.05, 0.1) is 5.69 Å². The van der Waals surface area contributed by atoms with E-state index < -0.39 is 18.0 Å². The predicted octanol–water partition coefficient (Wildman–Crippen LogP) is 4.09. The third-order valence-electron chi connectivity index (χ3n) is 3.69. The monoisotopic (exact) mass is 339 g/mol. The van der Waals surface area contributed by atoms with Gasteiger partial charge in [0.15, 0.2) is 5.82 Å². The highest BCUT2D eigenvalue weighted by molar-refractivity contribution is 6.32. The molecule has 23 heavy (non-hydrogen) atoms. The molecule has 2 heterocycles. The first-order chi connectivity index (χ1) is 10.7. The number of nitrogens with one attached hydrogen (secondary N) is 2. The molecular formula is C16H19ClFN3O2. The van der Waals surface area contributed by atoms with Gasteiger partial charge in [0, 0.05) is 29.6 Å². The summed E-state index contributed by atoms with van der Waals surface area (Å²) in [6, 6.07) is 2.91. The van der Waals surface area contributed by atoms with E-state index in [0.717, 1.165) is 0 Å². The summed E-state index contributed by atoms with van der Waals surface area (Å²) in [6.07, 6.45) is 2.17. The summed E-state index contributed by atoms with van der Waals surface area (Å²) < 4.78 is 14.7. The topological polar surface area (TPSA) is 78.0 Å². The molecule has 2 aromatic rings. The highest BCUT2D eigenvalue weighted by Crippen LogP contribution is 2.31. The predicted molar refractivity (Wildman–Crippen MR) is 87.1 cm³/mol. The Bertz CT molecular complexity index is 710. The first kappa shape index (κ1) is 17.3. The molecule has 0 saturated carbocycles. The molecule has 1 amide bonds. The number of carbonyl (C=O) groups is 1. The van der Waals surface area contributed by atoms with Crippen molar-refractivity contribution < 1.29 is 14.3 Å². The molecule has 0 bridgehead atoms. The van der Waals surface area contributed by atoms with Crippen LogP contribution in [-0.2, 0) is 6.42 Å². The molecule has 2 rings (SSSR count). The maximum Gasteiger partial charge on any atom is 0.404 e. The number of hydrogen-bond acceptors (Lipinski definition) is 2. The van der Waals surface area contributed by atoms with Gasteiger partial charge in [-0.25, -0.2) is 14.2 Å². The van der Waals surface area contributed by atoms with Crippen molar-refractivity contribution in [3.05, 3.63) is 41.1 Å². The first-order valence-corrected chi connectivity index (χ1v) is 7.54. The minimum Gasteiger partial charge on any atom is -0.465 e. The quantitative estimate of drug-likeness (QED) is 0.734. The van der Waals surface area contributed by atoms with Crippen LogP contribution in [0.2, 0.25) is 5.15 Å². The number of rotatable bonds is 4. The summed E-state index contributed by atoms with van der Waals surface area (Å²) in [6.45, 7) is 5.70. The van der Waals surface area contributed by atoms with Crippen molar-refractivity contribution >= 4 is 17.7 Å². The standard InChI is InChI=1S/C16H19ClFN3O2/c1-16(2,3)11(21-15(22)23)7-9-8-20-13(12(9)18)10-5-4-6-19-14(10)17/h4-6,8,11,20-21H,7H2,1-3H3,(H,22,23). The number of nitrogens with zero attached hydrogens (tertiary/aromatic N) is 1. The number of halogens is 2. The molecule has 0 fully saturated rings. The summed E-state index contributed by atoms with van der Waals surface area (Å²) in [4.78, 5) is 17.8. The van der Waals surface area contributed by atoms with Crippen LogP contribution in [0, 0.1) is 11.2 Å². The zero-order valence-corrected chi connectivity index (χ0v) is 13.9. The molecular weight excluding hydrogens is 321 g/mol. The van der Waals surface area contributed by atoms with Crippen molar-refractivity contribution in [1.29, 1.82) is 0 Å². The SMILES string of the molecule is CC(C)(C)C(Cc1c[nH]c(-c2cccnc2Cl)c1F)NC(=O)O. The van der Waals surface area contributed by atoms with Crippen molar-refractivity contribution in [1.82, 2.24) is 15.3 Å². The van der Waals surface area contributed by atoms with Gasteiger partial charge in [0.2, 0.25) is 0 Å². The first-order valence-electron chi connectivity index (χ1n) is 7.16. The van der Waals surface area contributed by atoms with Crippen LogP contribution in [0.25, 0.3) is 11.3 Å². The van der Waals surface area contributed by atoms with Crippen molar-refractivity contribution in [3.8, 4) is 11.3 Å². The lowest BCUT2D eigenvalue weighted by Gasteiger charge is -2.30. The smallest absolute Gasteiger partial charge is 0.404 e. The van der Waals surface area contributed by atoms with Gasteiger partial charge in [-0.2, -0.15) is 0 Å². The highest BCUT2D eigenvalue weighted by Gasteiger charge is 2.28.